The van der Waals surface area contributed by atoms with Gasteiger partial charge in [0.25, 0.3) is 0 Å². The molecule has 3 heteroatoms. The maximum absolute atomic E-state index is 6.26. The second-order valence-electron chi connectivity index (χ2n) is 7.34. The Balaban J connectivity index is 2.12. The number of hydrogen-bond acceptors (Lipinski definition) is 2. The maximum atomic E-state index is 6.26. The molecule has 1 heterocycles. The number of hydrogen-bond donors (Lipinski definition) is 1. The number of benzene rings is 1. The van der Waals surface area contributed by atoms with Crippen LogP contribution in [0, 0.1) is 11.3 Å². The average molecular weight is 310 g/mol. The Hall–Kier alpha value is -0.730. The van der Waals surface area contributed by atoms with Gasteiger partial charge in [0.05, 0.1) is 6.61 Å². The summed E-state index contributed by atoms with van der Waals surface area (Å²) in [4.78, 5) is 0. The molecule has 0 saturated carbocycles. The molecule has 21 heavy (non-hydrogen) atoms. The Bertz CT molecular complexity index is 493. The van der Waals surface area contributed by atoms with Crippen molar-refractivity contribution in [1.82, 2.24) is 5.32 Å². The van der Waals surface area contributed by atoms with Crippen LogP contribution in [-0.4, -0.2) is 19.7 Å². The third-order valence-corrected chi connectivity index (χ3v) is 5.03. The molecule has 2 unspecified atom stereocenters. The molecule has 0 spiro atoms. The van der Waals surface area contributed by atoms with Crippen LogP contribution in [0.4, 0.5) is 0 Å². The molecule has 1 aliphatic heterocycles. The van der Waals surface area contributed by atoms with Crippen molar-refractivity contribution in [3.05, 3.63) is 28.3 Å². The van der Waals surface area contributed by atoms with E-state index in [0.717, 1.165) is 36.6 Å². The van der Waals surface area contributed by atoms with Crippen LogP contribution in [0.5, 0.6) is 5.75 Å². The number of likely N-dealkylation sites (N-methyl/N-ethyl adjacent to an activating group) is 1. The molecule has 0 bridgehead atoms. The highest BCUT2D eigenvalue weighted by molar-refractivity contribution is 6.30. The molecule has 1 aromatic carbocycles. The lowest BCUT2D eigenvalue weighted by Gasteiger charge is -2.31. The fourth-order valence-corrected chi connectivity index (χ4v) is 3.11. The second-order valence-corrected chi connectivity index (χ2v) is 7.78. The van der Waals surface area contributed by atoms with Gasteiger partial charge in [-0.3, -0.25) is 0 Å². The third-order valence-electron chi connectivity index (χ3n) is 4.82. The Morgan fingerprint density at radius 1 is 1.33 bits per heavy atom. The van der Waals surface area contributed by atoms with E-state index < -0.39 is 0 Å². The van der Waals surface area contributed by atoms with Gasteiger partial charge in [-0.1, -0.05) is 39.3 Å². The lowest BCUT2D eigenvalue weighted by atomic mass is 9.77. The van der Waals surface area contributed by atoms with Gasteiger partial charge in [-0.25, -0.2) is 0 Å². The quantitative estimate of drug-likeness (QED) is 0.866. The van der Waals surface area contributed by atoms with E-state index in [9.17, 15) is 0 Å². The predicted octanol–water partition coefficient (Wildman–Crippen LogP) is 4.48. The first kappa shape index (κ1) is 16.6. The van der Waals surface area contributed by atoms with Gasteiger partial charge in [0.1, 0.15) is 5.75 Å². The van der Waals surface area contributed by atoms with E-state index >= 15 is 0 Å². The van der Waals surface area contributed by atoms with Gasteiger partial charge in [0.2, 0.25) is 0 Å². The summed E-state index contributed by atoms with van der Waals surface area (Å²) >= 11 is 6.26. The average Bonchev–Trinajstić information content (AvgIpc) is 2.84. The molecule has 0 radical (unpaired) electrons. The second kappa shape index (κ2) is 6.58. The minimum absolute atomic E-state index is 0.335. The van der Waals surface area contributed by atoms with Crippen molar-refractivity contribution in [2.45, 2.75) is 53.0 Å². The Labute approximate surface area is 134 Å². The van der Waals surface area contributed by atoms with Crippen LogP contribution in [0.2, 0.25) is 5.02 Å². The first-order valence-corrected chi connectivity index (χ1v) is 8.30. The molecule has 2 nitrogen and oxygen atoms in total. The zero-order chi connectivity index (χ0) is 15.6. The van der Waals surface area contributed by atoms with Gasteiger partial charge in [-0.05, 0) is 54.5 Å². The van der Waals surface area contributed by atoms with Crippen molar-refractivity contribution in [3.63, 3.8) is 0 Å². The third kappa shape index (κ3) is 4.14. The standard InChI is InChI=1S/C18H28ClNO/c1-12(18(2,3)4)8-16(20-5)11-14-10-15(19)9-13-6-7-21-17(13)14/h9-10,12,16,20H,6-8,11H2,1-5H3. The number of halogens is 1. The van der Waals surface area contributed by atoms with Gasteiger partial charge in [0, 0.05) is 17.5 Å². The monoisotopic (exact) mass is 309 g/mol. The van der Waals surface area contributed by atoms with Crippen LogP contribution in [0.25, 0.3) is 0 Å². The largest absolute Gasteiger partial charge is 0.493 e. The van der Waals surface area contributed by atoms with Gasteiger partial charge < -0.3 is 10.1 Å². The van der Waals surface area contributed by atoms with Crippen LogP contribution < -0.4 is 10.1 Å². The fraction of sp³-hybridized carbons (Fsp3) is 0.667. The van der Waals surface area contributed by atoms with Gasteiger partial charge in [0.15, 0.2) is 0 Å². The van der Waals surface area contributed by atoms with E-state index in [1.807, 2.05) is 13.1 Å². The van der Waals surface area contributed by atoms with E-state index in [1.54, 1.807) is 0 Å². The van der Waals surface area contributed by atoms with E-state index in [-0.39, 0.29) is 0 Å². The molecular formula is C18H28ClNO. The molecule has 0 saturated heterocycles. The highest BCUT2D eigenvalue weighted by atomic mass is 35.5. The number of rotatable bonds is 5. The minimum Gasteiger partial charge on any atom is -0.493 e. The zero-order valence-electron chi connectivity index (χ0n) is 13.9. The summed E-state index contributed by atoms with van der Waals surface area (Å²) in [5.74, 6) is 1.73. The summed E-state index contributed by atoms with van der Waals surface area (Å²) < 4.78 is 5.82. The van der Waals surface area contributed by atoms with Crippen LogP contribution in [0.3, 0.4) is 0 Å². The van der Waals surface area contributed by atoms with Crippen LogP contribution in [-0.2, 0) is 12.8 Å². The molecule has 2 atom stereocenters. The highest BCUT2D eigenvalue weighted by Crippen LogP contribution is 2.35. The molecule has 1 aromatic rings. The molecule has 1 aliphatic rings. The lowest BCUT2D eigenvalue weighted by Crippen LogP contribution is -2.33. The van der Waals surface area contributed by atoms with Gasteiger partial charge in [-0.15, -0.1) is 0 Å². The summed E-state index contributed by atoms with van der Waals surface area (Å²) in [6.07, 6.45) is 3.10. The van der Waals surface area contributed by atoms with Crippen molar-refractivity contribution < 1.29 is 4.74 Å². The van der Waals surface area contributed by atoms with Crippen molar-refractivity contribution in [2.75, 3.05) is 13.7 Å². The first-order chi connectivity index (χ1) is 9.81. The summed E-state index contributed by atoms with van der Waals surface area (Å²) in [7, 11) is 2.05. The smallest absolute Gasteiger partial charge is 0.125 e. The Morgan fingerprint density at radius 3 is 2.67 bits per heavy atom. The molecule has 0 amide bonds. The fourth-order valence-electron chi connectivity index (χ4n) is 2.85. The number of nitrogens with one attached hydrogen (secondary N) is 1. The van der Waals surface area contributed by atoms with Crippen LogP contribution in [0.1, 0.15) is 45.2 Å². The summed E-state index contributed by atoms with van der Waals surface area (Å²) in [6, 6.07) is 4.56. The number of ether oxygens (including phenoxy) is 1. The number of fused-ring (bicyclic) bond motifs is 1. The molecule has 1 N–H and O–H groups in total. The van der Waals surface area contributed by atoms with Crippen molar-refractivity contribution in [2.24, 2.45) is 11.3 Å². The summed E-state index contributed by atoms with van der Waals surface area (Å²) in [5.41, 5.74) is 2.84. The van der Waals surface area contributed by atoms with Gasteiger partial charge in [-0.2, -0.15) is 0 Å². The van der Waals surface area contributed by atoms with Crippen molar-refractivity contribution in [3.8, 4) is 5.75 Å². The summed E-state index contributed by atoms with van der Waals surface area (Å²) in [6.45, 7) is 10.0. The molecule has 0 aliphatic carbocycles. The van der Waals surface area contributed by atoms with Gasteiger partial charge >= 0.3 is 0 Å². The molecular weight excluding hydrogens is 282 g/mol. The SMILES string of the molecule is CNC(Cc1cc(Cl)cc2c1OCC2)CC(C)C(C)(C)C. The van der Waals surface area contributed by atoms with Crippen LogP contribution in [0.15, 0.2) is 12.1 Å². The zero-order valence-corrected chi connectivity index (χ0v) is 14.7. The van der Waals surface area contributed by atoms with Crippen LogP contribution >= 0.6 is 11.6 Å². The molecule has 2 rings (SSSR count). The van der Waals surface area contributed by atoms with Crippen molar-refractivity contribution in [1.29, 1.82) is 0 Å². The molecule has 0 fully saturated rings. The lowest BCUT2D eigenvalue weighted by molar-refractivity contribution is 0.224. The molecule has 118 valence electrons. The van der Waals surface area contributed by atoms with E-state index in [0.29, 0.717) is 17.4 Å². The summed E-state index contributed by atoms with van der Waals surface area (Å²) in [5, 5.41) is 4.29. The molecule has 0 aromatic heterocycles. The highest BCUT2D eigenvalue weighted by Gasteiger charge is 2.25. The first-order valence-electron chi connectivity index (χ1n) is 7.92. The van der Waals surface area contributed by atoms with E-state index in [1.165, 1.54) is 11.1 Å². The van der Waals surface area contributed by atoms with Crippen molar-refractivity contribution >= 4 is 11.6 Å². The normalized spacial score (nSPS) is 17.2. The van der Waals surface area contributed by atoms with E-state index in [2.05, 4.69) is 39.1 Å². The Morgan fingerprint density at radius 2 is 2.05 bits per heavy atom. The maximum Gasteiger partial charge on any atom is 0.125 e. The predicted molar refractivity (Wildman–Crippen MR) is 90.4 cm³/mol. The van der Waals surface area contributed by atoms with E-state index in [4.69, 9.17) is 16.3 Å². The topological polar surface area (TPSA) is 21.3 Å². The Kier molecular flexibility index (Phi) is 5.21. The minimum atomic E-state index is 0.335.